The van der Waals surface area contributed by atoms with Gasteiger partial charge in [-0.05, 0) is 0 Å². The fraction of sp³-hybridized carbons (Fsp3) is 0.167. The van der Waals surface area contributed by atoms with Gasteiger partial charge in [0.2, 0.25) is 0 Å². The molecule has 1 aromatic rings. The quantitative estimate of drug-likeness (QED) is 0.505. The molecule has 0 fully saturated rings. The highest BCUT2D eigenvalue weighted by Gasteiger charge is 2.04. The Morgan fingerprint density at radius 2 is 2.44 bits per heavy atom. The molecule has 9 heavy (non-hydrogen) atoms. The normalized spacial score (nSPS) is 13.8. The number of nitrogens with zero attached hydrogens (tertiary/aromatic N) is 3. The van der Waals surface area contributed by atoms with Gasteiger partial charge >= 0.3 is 0 Å². The molecule has 0 N–H and O–H groups in total. The van der Waals surface area contributed by atoms with Crippen LogP contribution < -0.4 is 0 Å². The van der Waals surface area contributed by atoms with Gasteiger partial charge < -0.3 is 0 Å². The highest BCUT2D eigenvalue weighted by molar-refractivity contribution is 5.73. The summed E-state index contributed by atoms with van der Waals surface area (Å²) in [7, 11) is 0. The molecule has 1 aliphatic rings. The molecule has 2 rings (SSSR count). The van der Waals surface area contributed by atoms with E-state index in [1.54, 1.807) is 12.5 Å². The number of aromatic nitrogens is 2. The fourth-order valence-electron chi connectivity index (χ4n) is 0.843. The molecule has 0 unspecified atom stereocenters. The van der Waals surface area contributed by atoms with Crippen molar-refractivity contribution < 1.29 is 0 Å². The Bertz CT molecular complexity index is 254. The summed E-state index contributed by atoms with van der Waals surface area (Å²) in [5, 5.41) is 0. The average molecular weight is 119 g/mol. The van der Waals surface area contributed by atoms with Crippen LogP contribution in [0, 0.1) is 0 Å². The van der Waals surface area contributed by atoms with Crippen molar-refractivity contribution in [3.05, 3.63) is 18.2 Å². The van der Waals surface area contributed by atoms with Crippen LogP contribution >= 0.6 is 0 Å². The Kier molecular flexibility index (Phi) is 0.828. The maximum absolute atomic E-state index is 4.05. The third kappa shape index (κ3) is 0.614. The van der Waals surface area contributed by atoms with Crippen molar-refractivity contribution in [2.45, 2.75) is 6.42 Å². The van der Waals surface area contributed by atoms with E-state index in [4.69, 9.17) is 0 Å². The lowest BCUT2D eigenvalue weighted by molar-refractivity contribution is 1.09. The number of hydrogen-bond donors (Lipinski definition) is 0. The second kappa shape index (κ2) is 1.62. The van der Waals surface area contributed by atoms with Crippen LogP contribution in [-0.2, 0) is 6.42 Å². The van der Waals surface area contributed by atoms with Gasteiger partial charge in [-0.2, -0.15) is 0 Å². The number of aliphatic imine (C=N–C) groups is 1. The summed E-state index contributed by atoms with van der Waals surface area (Å²) < 4.78 is 0. The summed E-state index contributed by atoms with van der Waals surface area (Å²) in [5.74, 6) is 0. The molecule has 0 radical (unpaired) electrons. The van der Waals surface area contributed by atoms with E-state index in [1.807, 2.05) is 6.21 Å². The van der Waals surface area contributed by atoms with Crippen molar-refractivity contribution in [2.75, 3.05) is 0 Å². The summed E-state index contributed by atoms with van der Waals surface area (Å²) in [6.45, 7) is 0. The van der Waals surface area contributed by atoms with E-state index in [0.717, 1.165) is 17.8 Å². The van der Waals surface area contributed by atoms with Gasteiger partial charge in [-0.15, -0.1) is 0 Å². The SMILES string of the molecule is C1=Nc2cncnc2C1. The molecule has 0 amide bonds. The van der Waals surface area contributed by atoms with Crippen LogP contribution in [0.3, 0.4) is 0 Å². The monoisotopic (exact) mass is 119 g/mol. The maximum atomic E-state index is 4.05. The van der Waals surface area contributed by atoms with Crippen molar-refractivity contribution in [3.8, 4) is 0 Å². The number of fused-ring (bicyclic) bond motifs is 1. The van der Waals surface area contributed by atoms with Crippen LogP contribution in [0.1, 0.15) is 5.69 Å². The second-order valence-electron chi connectivity index (χ2n) is 1.87. The van der Waals surface area contributed by atoms with E-state index in [2.05, 4.69) is 15.0 Å². The van der Waals surface area contributed by atoms with Crippen molar-refractivity contribution in [3.63, 3.8) is 0 Å². The fourth-order valence-corrected chi connectivity index (χ4v) is 0.843. The lowest BCUT2D eigenvalue weighted by atomic mass is 10.3. The van der Waals surface area contributed by atoms with Crippen LogP contribution in [0.25, 0.3) is 0 Å². The van der Waals surface area contributed by atoms with Gasteiger partial charge in [0.1, 0.15) is 12.0 Å². The predicted molar refractivity (Wildman–Crippen MR) is 33.9 cm³/mol. The molecule has 1 aromatic heterocycles. The minimum Gasteiger partial charge on any atom is -0.257 e. The Morgan fingerprint density at radius 1 is 1.44 bits per heavy atom. The Morgan fingerprint density at radius 3 is 3.33 bits per heavy atom. The van der Waals surface area contributed by atoms with Crippen LogP contribution in [-0.4, -0.2) is 16.2 Å². The van der Waals surface area contributed by atoms with E-state index >= 15 is 0 Å². The molecule has 0 aromatic carbocycles. The van der Waals surface area contributed by atoms with Gasteiger partial charge in [0.15, 0.2) is 0 Å². The molecule has 3 heteroatoms. The topological polar surface area (TPSA) is 38.1 Å². The number of rotatable bonds is 0. The molecule has 1 aliphatic heterocycles. The first kappa shape index (κ1) is 4.61. The van der Waals surface area contributed by atoms with Gasteiger partial charge in [-0.1, -0.05) is 0 Å². The Labute approximate surface area is 52.5 Å². The zero-order valence-corrected chi connectivity index (χ0v) is 4.78. The molecule has 0 bridgehead atoms. The highest BCUT2D eigenvalue weighted by Crippen LogP contribution is 2.18. The molecule has 2 heterocycles. The summed E-state index contributed by atoms with van der Waals surface area (Å²) in [6.07, 6.45) is 5.98. The molecular formula is C6H5N3. The van der Waals surface area contributed by atoms with Crippen molar-refractivity contribution in [1.29, 1.82) is 0 Å². The Balaban J connectivity index is 2.63. The highest BCUT2D eigenvalue weighted by atomic mass is 14.9. The molecule has 44 valence electrons. The van der Waals surface area contributed by atoms with Gasteiger partial charge in [0.05, 0.1) is 11.9 Å². The lowest BCUT2D eigenvalue weighted by Crippen LogP contribution is -1.84. The minimum absolute atomic E-state index is 0.859. The third-order valence-electron chi connectivity index (χ3n) is 1.29. The van der Waals surface area contributed by atoms with Crippen LogP contribution in [0.4, 0.5) is 5.69 Å². The molecule has 0 saturated heterocycles. The summed E-state index contributed by atoms with van der Waals surface area (Å²) in [6, 6.07) is 0. The predicted octanol–water partition coefficient (Wildman–Crippen LogP) is 0.735. The molecule has 0 aliphatic carbocycles. The summed E-state index contributed by atoms with van der Waals surface area (Å²) in [4.78, 5) is 11.9. The van der Waals surface area contributed by atoms with E-state index < -0.39 is 0 Å². The van der Waals surface area contributed by atoms with Crippen molar-refractivity contribution in [1.82, 2.24) is 9.97 Å². The van der Waals surface area contributed by atoms with Gasteiger partial charge in [-0.25, -0.2) is 9.97 Å². The minimum atomic E-state index is 0.859. The number of hydrogen-bond acceptors (Lipinski definition) is 3. The van der Waals surface area contributed by atoms with E-state index in [-0.39, 0.29) is 0 Å². The van der Waals surface area contributed by atoms with Crippen LogP contribution in [0.5, 0.6) is 0 Å². The molecule has 0 spiro atoms. The zero-order valence-electron chi connectivity index (χ0n) is 4.78. The van der Waals surface area contributed by atoms with Crippen LogP contribution in [0.2, 0.25) is 0 Å². The standard InChI is InChI=1S/C6H5N3/c1-2-8-6-3-7-4-9-5(1)6/h2-4H,1H2. The lowest BCUT2D eigenvalue weighted by Gasteiger charge is -1.89. The third-order valence-corrected chi connectivity index (χ3v) is 1.29. The summed E-state index contributed by atoms with van der Waals surface area (Å²) >= 11 is 0. The van der Waals surface area contributed by atoms with E-state index in [1.165, 1.54) is 0 Å². The van der Waals surface area contributed by atoms with E-state index in [9.17, 15) is 0 Å². The van der Waals surface area contributed by atoms with Gasteiger partial charge in [0, 0.05) is 12.6 Å². The first-order valence-electron chi connectivity index (χ1n) is 2.78. The molecular weight excluding hydrogens is 114 g/mol. The van der Waals surface area contributed by atoms with Crippen molar-refractivity contribution in [2.24, 2.45) is 4.99 Å². The molecule has 0 saturated carbocycles. The average Bonchev–Trinajstić information content (AvgIpc) is 2.33. The maximum Gasteiger partial charge on any atom is 0.115 e. The van der Waals surface area contributed by atoms with Gasteiger partial charge in [0.25, 0.3) is 0 Å². The van der Waals surface area contributed by atoms with E-state index in [0.29, 0.717) is 0 Å². The summed E-state index contributed by atoms with van der Waals surface area (Å²) in [5.41, 5.74) is 1.95. The first-order chi connectivity index (χ1) is 4.47. The Hall–Kier alpha value is -1.25. The zero-order chi connectivity index (χ0) is 6.10. The van der Waals surface area contributed by atoms with Crippen LogP contribution in [0.15, 0.2) is 17.5 Å². The largest absolute Gasteiger partial charge is 0.257 e. The smallest absolute Gasteiger partial charge is 0.115 e. The van der Waals surface area contributed by atoms with Gasteiger partial charge in [-0.3, -0.25) is 4.99 Å². The molecule has 0 atom stereocenters. The first-order valence-corrected chi connectivity index (χ1v) is 2.78. The molecule has 3 nitrogen and oxygen atoms in total. The van der Waals surface area contributed by atoms with Crippen molar-refractivity contribution >= 4 is 11.9 Å². The second-order valence-corrected chi connectivity index (χ2v) is 1.87.